The Bertz CT molecular complexity index is 723. The third kappa shape index (κ3) is 4.49. The molecular weight excluding hydrogens is 342 g/mol. The molecule has 1 saturated heterocycles. The average Bonchev–Trinajstić information content (AvgIpc) is 2.71. The predicted molar refractivity (Wildman–Crippen MR) is 103 cm³/mol. The molecule has 3 rings (SSSR count). The Kier molecular flexibility index (Phi) is 6.14. The predicted octanol–water partition coefficient (Wildman–Crippen LogP) is 1.86. The number of likely N-dealkylation sites (tertiary alicyclic amines) is 1. The lowest BCUT2D eigenvalue weighted by Crippen LogP contribution is -2.48. The SMILES string of the molecule is CCC(NC(=O)C(=O)N1CCC(C(N)=O)CC1)c1ccc2c(c1)CCCC2. The second-order valence-corrected chi connectivity index (χ2v) is 7.64. The van der Waals surface area contributed by atoms with Crippen LogP contribution in [0.4, 0.5) is 0 Å². The van der Waals surface area contributed by atoms with Crippen LogP contribution < -0.4 is 11.1 Å². The number of nitrogens with zero attached hydrogens (tertiary/aromatic N) is 1. The van der Waals surface area contributed by atoms with Gasteiger partial charge in [0.15, 0.2) is 0 Å². The van der Waals surface area contributed by atoms with E-state index in [1.54, 1.807) is 0 Å². The Morgan fingerprint density at radius 1 is 1.15 bits per heavy atom. The molecule has 27 heavy (non-hydrogen) atoms. The molecular formula is C21H29N3O3. The maximum absolute atomic E-state index is 12.5. The molecule has 1 aliphatic carbocycles. The van der Waals surface area contributed by atoms with Crippen LogP contribution in [0.1, 0.15) is 61.8 Å². The molecule has 1 aromatic rings. The third-order valence-electron chi connectivity index (χ3n) is 5.87. The molecule has 1 heterocycles. The van der Waals surface area contributed by atoms with Gasteiger partial charge in [-0.1, -0.05) is 25.1 Å². The van der Waals surface area contributed by atoms with Gasteiger partial charge in [-0.05, 0) is 61.6 Å². The molecule has 1 fully saturated rings. The van der Waals surface area contributed by atoms with Crippen molar-refractivity contribution in [3.05, 3.63) is 34.9 Å². The number of aryl methyl sites for hydroxylation is 2. The summed E-state index contributed by atoms with van der Waals surface area (Å²) >= 11 is 0. The smallest absolute Gasteiger partial charge is 0.311 e. The van der Waals surface area contributed by atoms with E-state index in [1.165, 1.54) is 28.9 Å². The van der Waals surface area contributed by atoms with Gasteiger partial charge in [-0.2, -0.15) is 0 Å². The lowest BCUT2D eigenvalue weighted by atomic mass is 9.89. The molecule has 1 aliphatic heterocycles. The van der Waals surface area contributed by atoms with Crippen molar-refractivity contribution in [2.75, 3.05) is 13.1 Å². The highest BCUT2D eigenvalue weighted by molar-refractivity contribution is 6.35. The van der Waals surface area contributed by atoms with Crippen LogP contribution in [0.3, 0.4) is 0 Å². The van der Waals surface area contributed by atoms with Crippen LogP contribution in [-0.4, -0.2) is 35.7 Å². The van der Waals surface area contributed by atoms with Crippen molar-refractivity contribution in [1.29, 1.82) is 0 Å². The van der Waals surface area contributed by atoms with Gasteiger partial charge in [-0.15, -0.1) is 0 Å². The van der Waals surface area contributed by atoms with Crippen molar-refractivity contribution < 1.29 is 14.4 Å². The molecule has 0 radical (unpaired) electrons. The molecule has 6 nitrogen and oxygen atoms in total. The van der Waals surface area contributed by atoms with E-state index < -0.39 is 11.8 Å². The highest BCUT2D eigenvalue weighted by Gasteiger charge is 2.30. The molecule has 0 spiro atoms. The number of benzene rings is 1. The summed E-state index contributed by atoms with van der Waals surface area (Å²) in [4.78, 5) is 37.8. The highest BCUT2D eigenvalue weighted by Crippen LogP contribution is 2.26. The van der Waals surface area contributed by atoms with Crippen LogP contribution in [0.25, 0.3) is 0 Å². The fraction of sp³-hybridized carbons (Fsp3) is 0.571. The van der Waals surface area contributed by atoms with Crippen molar-refractivity contribution in [3.63, 3.8) is 0 Å². The summed E-state index contributed by atoms with van der Waals surface area (Å²) in [6, 6.07) is 6.25. The fourth-order valence-electron chi connectivity index (χ4n) is 4.12. The molecule has 0 bridgehead atoms. The normalized spacial score (nSPS) is 18.5. The number of primary amides is 1. The van der Waals surface area contributed by atoms with Crippen LogP contribution in [-0.2, 0) is 27.2 Å². The van der Waals surface area contributed by atoms with E-state index in [2.05, 4.69) is 23.5 Å². The second kappa shape index (κ2) is 8.55. The number of hydrogen-bond acceptors (Lipinski definition) is 3. The van der Waals surface area contributed by atoms with E-state index >= 15 is 0 Å². The molecule has 3 N–H and O–H groups in total. The molecule has 6 heteroatoms. The maximum atomic E-state index is 12.5. The minimum Gasteiger partial charge on any atom is -0.369 e. The Balaban J connectivity index is 1.61. The van der Waals surface area contributed by atoms with E-state index in [4.69, 9.17) is 5.73 Å². The summed E-state index contributed by atoms with van der Waals surface area (Å²) < 4.78 is 0. The first kappa shape index (κ1) is 19.4. The standard InChI is InChI=1S/C21H29N3O3/c1-2-18(17-8-7-14-5-3-4-6-16(14)13-17)23-20(26)21(27)24-11-9-15(10-12-24)19(22)25/h7-8,13,15,18H,2-6,9-12H2,1H3,(H2,22,25)(H,23,26). The number of nitrogens with one attached hydrogen (secondary N) is 1. The first-order valence-corrected chi connectivity index (χ1v) is 10.0. The number of carbonyl (C=O) groups is 3. The Morgan fingerprint density at radius 3 is 2.44 bits per heavy atom. The third-order valence-corrected chi connectivity index (χ3v) is 5.87. The molecule has 0 saturated carbocycles. The van der Waals surface area contributed by atoms with Gasteiger partial charge < -0.3 is 16.0 Å². The van der Waals surface area contributed by atoms with E-state index in [1.807, 2.05) is 6.92 Å². The van der Waals surface area contributed by atoms with Crippen molar-refractivity contribution in [2.45, 2.75) is 57.9 Å². The summed E-state index contributed by atoms with van der Waals surface area (Å²) in [5, 5.41) is 2.90. The topological polar surface area (TPSA) is 92.5 Å². The zero-order chi connectivity index (χ0) is 19.4. The van der Waals surface area contributed by atoms with Crippen LogP contribution in [0, 0.1) is 5.92 Å². The average molecular weight is 371 g/mol. The van der Waals surface area contributed by atoms with Gasteiger partial charge in [-0.3, -0.25) is 14.4 Å². The van der Waals surface area contributed by atoms with Crippen molar-refractivity contribution in [3.8, 4) is 0 Å². The second-order valence-electron chi connectivity index (χ2n) is 7.64. The van der Waals surface area contributed by atoms with Crippen molar-refractivity contribution >= 4 is 17.7 Å². The van der Waals surface area contributed by atoms with Gasteiger partial charge in [0.1, 0.15) is 0 Å². The summed E-state index contributed by atoms with van der Waals surface area (Å²) in [5.41, 5.74) is 9.15. The van der Waals surface area contributed by atoms with Gasteiger partial charge in [0.2, 0.25) is 5.91 Å². The minimum atomic E-state index is -0.572. The monoisotopic (exact) mass is 371 g/mol. The number of hydrogen-bond donors (Lipinski definition) is 2. The summed E-state index contributed by atoms with van der Waals surface area (Å²) in [5.74, 6) is -1.62. The Labute approximate surface area is 160 Å². The number of piperidine rings is 1. The number of rotatable bonds is 4. The largest absolute Gasteiger partial charge is 0.369 e. The van der Waals surface area contributed by atoms with E-state index in [0.717, 1.165) is 24.8 Å². The van der Waals surface area contributed by atoms with Gasteiger partial charge >= 0.3 is 11.8 Å². The fourth-order valence-corrected chi connectivity index (χ4v) is 4.12. The van der Waals surface area contributed by atoms with Crippen molar-refractivity contribution in [2.24, 2.45) is 11.7 Å². The zero-order valence-corrected chi connectivity index (χ0v) is 16.0. The summed E-state index contributed by atoms with van der Waals surface area (Å²) in [6.07, 6.45) is 6.43. The van der Waals surface area contributed by atoms with E-state index in [9.17, 15) is 14.4 Å². The highest BCUT2D eigenvalue weighted by atomic mass is 16.2. The van der Waals surface area contributed by atoms with Crippen LogP contribution >= 0.6 is 0 Å². The lowest BCUT2D eigenvalue weighted by Gasteiger charge is -2.30. The van der Waals surface area contributed by atoms with E-state index in [0.29, 0.717) is 25.9 Å². The van der Waals surface area contributed by atoms with Gasteiger partial charge in [0.05, 0.1) is 6.04 Å². The first-order valence-electron chi connectivity index (χ1n) is 10.0. The van der Waals surface area contributed by atoms with Gasteiger partial charge in [0, 0.05) is 19.0 Å². The molecule has 146 valence electrons. The lowest BCUT2D eigenvalue weighted by molar-refractivity contribution is -0.147. The number of nitrogens with two attached hydrogens (primary N) is 1. The quantitative estimate of drug-likeness (QED) is 0.791. The van der Waals surface area contributed by atoms with Crippen molar-refractivity contribution in [1.82, 2.24) is 10.2 Å². The van der Waals surface area contributed by atoms with Crippen LogP contribution in [0.5, 0.6) is 0 Å². The van der Waals surface area contributed by atoms with Crippen LogP contribution in [0.2, 0.25) is 0 Å². The molecule has 1 aromatic carbocycles. The molecule has 2 aliphatic rings. The number of carbonyl (C=O) groups excluding carboxylic acids is 3. The Morgan fingerprint density at radius 2 is 1.81 bits per heavy atom. The van der Waals surface area contributed by atoms with Crippen LogP contribution in [0.15, 0.2) is 18.2 Å². The molecule has 3 amide bonds. The first-order chi connectivity index (χ1) is 13.0. The molecule has 1 unspecified atom stereocenters. The Hall–Kier alpha value is -2.37. The number of fused-ring (bicyclic) bond motifs is 1. The van der Waals surface area contributed by atoms with Gasteiger partial charge in [-0.25, -0.2) is 0 Å². The summed E-state index contributed by atoms with van der Waals surface area (Å²) in [6.45, 7) is 2.80. The zero-order valence-electron chi connectivity index (χ0n) is 16.0. The summed E-state index contributed by atoms with van der Waals surface area (Å²) in [7, 11) is 0. The van der Waals surface area contributed by atoms with E-state index in [-0.39, 0.29) is 17.9 Å². The number of amides is 3. The molecule has 1 atom stereocenters. The minimum absolute atomic E-state index is 0.170. The van der Waals surface area contributed by atoms with Gasteiger partial charge in [0.25, 0.3) is 0 Å². The maximum Gasteiger partial charge on any atom is 0.311 e. The molecule has 0 aromatic heterocycles.